The van der Waals surface area contributed by atoms with E-state index in [1.165, 1.54) is 19.1 Å². The maximum Gasteiger partial charge on any atom is 0.433 e. The van der Waals surface area contributed by atoms with Crippen molar-refractivity contribution < 1.29 is 39.6 Å². The minimum absolute atomic E-state index is 0.0114. The monoisotopic (exact) mass is 587 g/mol. The van der Waals surface area contributed by atoms with Gasteiger partial charge in [-0.3, -0.25) is 4.79 Å². The predicted octanol–water partition coefficient (Wildman–Crippen LogP) is 5.29. The number of carbonyl (C=O) groups is 1. The van der Waals surface area contributed by atoms with Gasteiger partial charge in [-0.15, -0.1) is 0 Å². The molecule has 0 aliphatic heterocycles. The van der Waals surface area contributed by atoms with Crippen molar-refractivity contribution in [2.75, 3.05) is 6.26 Å². The van der Waals surface area contributed by atoms with Crippen molar-refractivity contribution in [2.45, 2.75) is 50.6 Å². The van der Waals surface area contributed by atoms with Crippen molar-refractivity contribution in [1.82, 2.24) is 15.0 Å². The van der Waals surface area contributed by atoms with Crippen LogP contribution >= 0.6 is 0 Å². The Balaban J connectivity index is 1.83. The molecule has 216 valence electrons. The van der Waals surface area contributed by atoms with Crippen LogP contribution in [-0.2, 0) is 33.0 Å². The number of sulfonamides is 1. The predicted molar refractivity (Wildman–Crippen MR) is 138 cm³/mol. The van der Waals surface area contributed by atoms with Gasteiger partial charge in [-0.25, -0.2) is 26.6 Å². The molecule has 6 nitrogen and oxygen atoms in total. The molecule has 40 heavy (non-hydrogen) atoms. The fourth-order valence-electron chi connectivity index (χ4n) is 4.24. The summed E-state index contributed by atoms with van der Waals surface area (Å²) in [6.07, 6.45) is -1.24. The quantitative estimate of drug-likeness (QED) is 0.309. The first-order chi connectivity index (χ1) is 18.6. The second-order valence-corrected chi connectivity index (χ2v) is 11.0. The van der Waals surface area contributed by atoms with Crippen LogP contribution < -0.4 is 10.0 Å². The Morgan fingerprint density at radius 1 is 1.15 bits per heavy atom. The van der Waals surface area contributed by atoms with Crippen LogP contribution in [0.5, 0.6) is 0 Å². The van der Waals surface area contributed by atoms with Crippen molar-refractivity contribution in [1.29, 1.82) is 0 Å². The van der Waals surface area contributed by atoms with E-state index in [2.05, 4.69) is 10.3 Å². The molecule has 0 spiro atoms. The van der Waals surface area contributed by atoms with Crippen molar-refractivity contribution >= 4 is 22.0 Å². The molecule has 2 unspecified atom stereocenters. The summed E-state index contributed by atoms with van der Waals surface area (Å²) in [5, 5.41) is 2.51. The Bertz CT molecular complexity index is 1450. The van der Waals surface area contributed by atoms with E-state index in [9.17, 15) is 30.8 Å². The first-order valence-corrected chi connectivity index (χ1v) is 14.0. The number of amides is 1. The third-order valence-electron chi connectivity index (χ3n) is 6.13. The number of hydrogen-bond acceptors (Lipinski definition) is 4. The van der Waals surface area contributed by atoms with Crippen LogP contribution in [0.3, 0.4) is 0 Å². The molecule has 3 rings (SSSR count). The minimum atomic E-state index is -4.62. The lowest BCUT2D eigenvalue weighted by Gasteiger charge is -2.38. The summed E-state index contributed by atoms with van der Waals surface area (Å²) in [6, 6.07) is 5.05. The van der Waals surface area contributed by atoms with Gasteiger partial charge in [-0.05, 0) is 66.5 Å². The molecule has 13 heteroatoms. The largest absolute Gasteiger partial charge is 0.433 e. The third kappa shape index (κ3) is 7.19. The number of halogens is 6. The van der Waals surface area contributed by atoms with Gasteiger partial charge >= 0.3 is 6.18 Å². The van der Waals surface area contributed by atoms with E-state index >= 15 is 8.78 Å². The number of carbonyl (C=O) groups excluding carboxylic acids is 1. The highest BCUT2D eigenvalue weighted by molar-refractivity contribution is 7.88. The van der Waals surface area contributed by atoms with E-state index in [-0.39, 0.29) is 23.3 Å². The van der Waals surface area contributed by atoms with E-state index < -0.39 is 57.2 Å². The first kappa shape index (κ1) is 31.1. The number of hydrogen-bond donors (Lipinski definition) is 2. The van der Waals surface area contributed by atoms with Crippen LogP contribution in [0.1, 0.15) is 42.8 Å². The van der Waals surface area contributed by atoms with Crippen LogP contribution in [0.25, 0.3) is 6.08 Å². The van der Waals surface area contributed by atoms with Crippen LogP contribution in [-0.4, -0.2) is 37.8 Å². The smallest absolute Gasteiger partial charge is 0.346 e. The molecule has 0 saturated carbocycles. The zero-order valence-electron chi connectivity index (χ0n) is 21.7. The normalized spacial score (nSPS) is 20.7. The van der Waals surface area contributed by atoms with E-state index in [0.717, 1.165) is 54.8 Å². The Kier molecular flexibility index (Phi) is 9.30. The van der Waals surface area contributed by atoms with E-state index in [1.807, 2.05) is 4.72 Å². The van der Waals surface area contributed by atoms with Crippen molar-refractivity contribution in [3.63, 3.8) is 0 Å². The first-order valence-electron chi connectivity index (χ1n) is 12.1. The minimum Gasteiger partial charge on any atom is -0.346 e. The summed E-state index contributed by atoms with van der Waals surface area (Å²) < 4.78 is 110. The zero-order valence-corrected chi connectivity index (χ0v) is 22.5. The highest BCUT2D eigenvalue weighted by atomic mass is 32.2. The molecule has 1 aromatic carbocycles. The lowest BCUT2D eigenvalue weighted by Crippen LogP contribution is -2.53. The number of nitrogens with zero attached hydrogens (tertiary/aromatic N) is 1. The maximum absolute atomic E-state index is 15.6. The molecule has 0 saturated heterocycles. The molecule has 3 atom stereocenters. The van der Waals surface area contributed by atoms with Gasteiger partial charge in [0.1, 0.15) is 29.0 Å². The molecule has 1 amide bonds. The number of alkyl halides is 4. The number of aryl methyl sites for hydroxylation is 1. The van der Waals surface area contributed by atoms with Crippen LogP contribution in [0.15, 0.2) is 66.0 Å². The summed E-state index contributed by atoms with van der Waals surface area (Å²) in [5.41, 5.74) is -3.26. The van der Waals surface area contributed by atoms with E-state index in [0.29, 0.717) is 12.0 Å². The Morgan fingerprint density at radius 2 is 1.80 bits per heavy atom. The maximum atomic E-state index is 15.6. The molecule has 1 aliphatic carbocycles. The third-order valence-corrected chi connectivity index (χ3v) is 6.82. The van der Waals surface area contributed by atoms with Crippen molar-refractivity contribution in [3.05, 3.63) is 94.4 Å². The number of aromatic nitrogens is 1. The van der Waals surface area contributed by atoms with Gasteiger partial charge in [0.15, 0.2) is 0 Å². The van der Waals surface area contributed by atoms with E-state index in [1.54, 1.807) is 6.92 Å². The van der Waals surface area contributed by atoms with Gasteiger partial charge < -0.3 is 5.32 Å². The molecule has 0 fully saturated rings. The lowest BCUT2D eigenvalue weighted by atomic mass is 9.79. The molecule has 1 aliphatic rings. The SMILES string of the molecule is CCCc1nc(C(F)(F)F)ccc1C=CC(=O)N[C@H](C)C1=CC(F)C(NS(C)(=O)=O)(c2ccc(F)cc2)C(F)=C1. The van der Waals surface area contributed by atoms with Gasteiger partial charge in [0.05, 0.1) is 12.3 Å². The van der Waals surface area contributed by atoms with Gasteiger partial charge in [0.25, 0.3) is 0 Å². The molecular weight excluding hydrogens is 560 g/mol. The molecule has 1 heterocycles. The van der Waals surface area contributed by atoms with Crippen molar-refractivity contribution in [3.8, 4) is 0 Å². The standard InChI is InChI=1S/C27H27F6N3O3S/c1-4-5-21-17(6-12-24(35-21)27(31,32)33)7-13-25(37)34-16(2)18-14-22(29)26(23(30)15-18,36-40(3,38)39)19-8-10-20(28)11-9-19/h6-16,22,36H,4-5H2,1-3H3,(H,34,37)/t16-,22?,26?/m1/s1. The van der Waals surface area contributed by atoms with Crippen LogP contribution in [0.2, 0.25) is 0 Å². The molecule has 2 aromatic rings. The molecular formula is C27H27F6N3O3S. The summed E-state index contributed by atoms with van der Waals surface area (Å²) in [6.45, 7) is 3.20. The van der Waals surface area contributed by atoms with Gasteiger partial charge in [0, 0.05) is 11.8 Å². The highest BCUT2D eigenvalue weighted by Crippen LogP contribution is 2.41. The average molecular weight is 588 g/mol. The lowest BCUT2D eigenvalue weighted by molar-refractivity contribution is -0.141. The summed E-state index contributed by atoms with van der Waals surface area (Å²) >= 11 is 0. The Labute approximate surface area is 227 Å². The number of benzene rings is 1. The zero-order chi connectivity index (χ0) is 29.9. The summed E-state index contributed by atoms with van der Waals surface area (Å²) in [4.78, 5) is 16.2. The van der Waals surface area contributed by atoms with Gasteiger partial charge in [-0.1, -0.05) is 31.5 Å². The summed E-state index contributed by atoms with van der Waals surface area (Å²) in [5.74, 6) is -2.61. The second-order valence-electron chi connectivity index (χ2n) is 9.29. The number of rotatable bonds is 9. The second kappa shape index (κ2) is 12.0. The van der Waals surface area contributed by atoms with Crippen LogP contribution in [0.4, 0.5) is 26.3 Å². The van der Waals surface area contributed by atoms with E-state index in [4.69, 9.17) is 0 Å². The Morgan fingerprint density at radius 3 is 2.35 bits per heavy atom. The topological polar surface area (TPSA) is 88.2 Å². The fraction of sp³-hybridized carbons (Fsp3) is 0.333. The Hall–Kier alpha value is -3.45. The highest BCUT2D eigenvalue weighted by Gasteiger charge is 2.49. The fourth-order valence-corrected chi connectivity index (χ4v) is 5.15. The molecule has 2 N–H and O–H groups in total. The number of nitrogens with one attached hydrogen (secondary N) is 2. The van der Waals surface area contributed by atoms with Gasteiger partial charge in [0.2, 0.25) is 15.9 Å². The van der Waals surface area contributed by atoms with Gasteiger partial charge in [-0.2, -0.15) is 17.9 Å². The van der Waals surface area contributed by atoms with Crippen molar-refractivity contribution in [2.24, 2.45) is 0 Å². The summed E-state index contributed by atoms with van der Waals surface area (Å²) in [7, 11) is -4.16. The molecule has 0 bridgehead atoms. The molecule has 1 aromatic heterocycles. The van der Waals surface area contributed by atoms with Crippen LogP contribution in [0, 0.1) is 5.82 Å². The number of pyridine rings is 1. The average Bonchev–Trinajstić information content (AvgIpc) is 2.84. The molecule has 0 radical (unpaired) electrons.